The number of halogens is 6. The van der Waals surface area contributed by atoms with E-state index in [1.165, 1.54) is 18.2 Å². The molecule has 0 saturated heterocycles. The van der Waals surface area contributed by atoms with Gasteiger partial charge in [-0.3, -0.25) is 0 Å². The molecule has 0 radical (unpaired) electrons. The van der Waals surface area contributed by atoms with Crippen molar-refractivity contribution in [1.82, 2.24) is 20.3 Å². The summed E-state index contributed by atoms with van der Waals surface area (Å²) in [5.74, 6) is -2.40. The van der Waals surface area contributed by atoms with E-state index in [0.29, 0.717) is 34.9 Å². The summed E-state index contributed by atoms with van der Waals surface area (Å²) in [5.41, 5.74) is 1.63. The monoisotopic (exact) mass is 447 g/mol. The molecule has 12 heteroatoms. The Morgan fingerprint density at radius 3 is 2.69 bits per heavy atom. The van der Waals surface area contributed by atoms with Crippen molar-refractivity contribution in [3.8, 4) is 11.6 Å². The molecule has 0 spiro atoms. The van der Waals surface area contributed by atoms with Crippen LogP contribution < -0.4 is 4.90 Å². The SMILES string of the molecule is Fc1ccc(Cl)c(CN2CCCc3nnc(-c4nc(C(F)(F)F)no4)cc32)c1Cl. The molecular weight excluding hydrogens is 437 g/mol. The highest BCUT2D eigenvalue weighted by Crippen LogP contribution is 2.34. The first kappa shape index (κ1) is 19.8. The molecule has 6 nitrogen and oxygen atoms in total. The lowest BCUT2D eigenvalue weighted by molar-refractivity contribution is -0.146. The van der Waals surface area contributed by atoms with Crippen molar-refractivity contribution in [2.24, 2.45) is 0 Å². The van der Waals surface area contributed by atoms with Gasteiger partial charge >= 0.3 is 6.18 Å². The Morgan fingerprint density at radius 1 is 1.17 bits per heavy atom. The number of benzene rings is 1. The summed E-state index contributed by atoms with van der Waals surface area (Å²) in [7, 11) is 0. The topological polar surface area (TPSA) is 67.9 Å². The third kappa shape index (κ3) is 3.86. The maximum atomic E-state index is 13.8. The van der Waals surface area contributed by atoms with Crippen molar-refractivity contribution < 1.29 is 22.1 Å². The van der Waals surface area contributed by atoms with Gasteiger partial charge in [0.25, 0.3) is 11.7 Å². The molecule has 0 atom stereocenters. The Labute approximate surface area is 171 Å². The third-order valence-corrected chi connectivity index (χ3v) is 5.18. The normalized spacial score (nSPS) is 14.2. The lowest BCUT2D eigenvalue weighted by Crippen LogP contribution is -2.30. The summed E-state index contributed by atoms with van der Waals surface area (Å²) < 4.78 is 56.7. The highest BCUT2D eigenvalue weighted by molar-refractivity contribution is 6.36. The lowest BCUT2D eigenvalue weighted by atomic mass is 10.1. The first-order valence-electron chi connectivity index (χ1n) is 8.39. The van der Waals surface area contributed by atoms with E-state index >= 15 is 0 Å². The van der Waals surface area contributed by atoms with Crippen LogP contribution in [0.25, 0.3) is 11.6 Å². The maximum absolute atomic E-state index is 13.8. The fourth-order valence-corrected chi connectivity index (χ4v) is 3.52. The fourth-order valence-electron chi connectivity index (χ4n) is 3.03. The fraction of sp³-hybridized carbons (Fsp3) is 0.294. The van der Waals surface area contributed by atoms with Crippen LogP contribution in [0.2, 0.25) is 10.0 Å². The van der Waals surface area contributed by atoms with E-state index in [4.69, 9.17) is 23.2 Å². The molecule has 0 amide bonds. The number of hydrogen-bond acceptors (Lipinski definition) is 6. The number of anilines is 1. The van der Waals surface area contributed by atoms with Crippen LogP contribution in [-0.4, -0.2) is 26.9 Å². The summed E-state index contributed by atoms with van der Waals surface area (Å²) >= 11 is 12.2. The molecule has 152 valence electrons. The van der Waals surface area contributed by atoms with Crippen molar-refractivity contribution in [1.29, 1.82) is 0 Å². The second kappa shape index (κ2) is 7.42. The predicted octanol–water partition coefficient (Wildman–Crippen LogP) is 4.94. The maximum Gasteiger partial charge on any atom is 0.455 e. The number of rotatable bonds is 3. The van der Waals surface area contributed by atoms with Gasteiger partial charge in [-0.05, 0) is 31.0 Å². The Balaban J connectivity index is 1.69. The standard InChI is InChI=1S/C17H11Cl2F4N5O/c18-9-3-4-10(20)14(19)8(9)7-28-5-1-2-11-13(28)6-12(26-25-11)15-24-16(27-29-15)17(21,22)23/h3-4,6H,1-2,5,7H2. The van der Waals surface area contributed by atoms with Gasteiger partial charge in [0.1, 0.15) is 5.82 Å². The molecule has 2 aromatic heterocycles. The zero-order chi connectivity index (χ0) is 20.8. The van der Waals surface area contributed by atoms with Crippen molar-refractivity contribution in [2.45, 2.75) is 25.6 Å². The van der Waals surface area contributed by atoms with Crippen LogP contribution >= 0.6 is 23.2 Å². The number of fused-ring (bicyclic) bond motifs is 1. The summed E-state index contributed by atoms with van der Waals surface area (Å²) in [6.07, 6.45) is -3.36. The van der Waals surface area contributed by atoms with Crippen LogP contribution in [0.5, 0.6) is 0 Å². The van der Waals surface area contributed by atoms with Gasteiger partial charge in [-0.2, -0.15) is 23.3 Å². The highest BCUT2D eigenvalue weighted by Gasteiger charge is 2.37. The Kier molecular flexibility index (Phi) is 5.07. The average Bonchev–Trinajstić information content (AvgIpc) is 3.19. The van der Waals surface area contributed by atoms with Gasteiger partial charge < -0.3 is 9.42 Å². The van der Waals surface area contributed by atoms with Gasteiger partial charge in [0.15, 0.2) is 5.69 Å². The van der Waals surface area contributed by atoms with Crippen LogP contribution in [0.1, 0.15) is 23.5 Å². The van der Waals surface area contributed by atoms with Gasteiger partial charge in [0, 0.05) is 23.7 Å². The van der Waals surface area contributed by atoms with Gasteiger partial charge in [0.05, 0.1) is 16.4 Å². The first-order chi connectivity index (χ1) is 13.7. The molecule has 29 heavy (non-hydrogen) atoms. The second-order valence-electron chi connectivity index (χ2n) is 6.33. The first-order valence-corrected chi connectivity index (χ1v) is 9.15. The van der Waals surface area contributed by atoms with Gasteiger partial charge in [-0.15, -0.1) is 5.10 Å². The zero-order valence-corrected chi connectivity index (χ0v) is 16.0. The molecule has 1 aromatic carbocycles. The van der Waals surface area contributed by atoms with Crippen molar-refractivity contribution in [3.05, 3.63) is 51.1 Å². The van der Waals surface area contributed by atoms with Crippen molar-refractivity contribution in [3.63, 3.8) is 0 Å². The Hall–Kier alpha value is -2.46. The second-order valence-corrected chi connectivity index (χ2v) is 7.11. The zero-order valence-electron chi connectivity index (χ0n) is 14.5. The molecule has 4 rings (SSSR count). The van der Waals surface area contributed by atoms with Crippen LogP contribution in [0.4, 0.5) is 23.2 Å². The smallest absolute Gasteiger partial charge is 0.365 e. The third-order valence-electron chi connectivity index (χ3n) is 4.42. The number of aromatic nitrogens is 4. The van der Waals surface area contributed by atoms with Crippen LogP contribution in [0, 0.1) is 5.82 Å². The predicted molar refractivity (Wildman–Crippen MR) is 96.1 cm³/mol. The molecule has 1 aliphatic rings. The molecule has 0 N–H and O–H groups in total. The van der Waals surface area contributed by atoms with Gasteiger partial charge in [0.2, 0.25) is 0 Å². The summed E-state index contributed by atoms with van der Waals surface area (Å²) in [6, 6.07) is 4.10. The average molecular weight is 448 g/mol. The van der Waals surface area contributed by atoms with E-state index in [1.807, 2.05) is 4.90 Å². The molecule has 0 aliphatic carbocycles. The van der Waals surface area contributed by atoms with Crippen LogP contribution in [0.3, 0.4) is 0 Å². The molecule has 0 unspecified atom stereocenters. The van der Waals surface area contributed by atoms with E-state index in [1.54, 1.807) is 0 Å². The number of hydrogen-bond donors (Lipinski definition) is 0. The van der Waals surface area contributed by atoms with Crippen molar-refractivity contribution >= 4 is 28.9 Å². The molecule has 3 aromatic rings. The molecule has 0 fully saturated rings. The van der Waals surface area contributed by atoms with E-state index in [0.717, 1.165) is 6.42 Å². The van der Waals surface area contributed by atoms with E-state index in [2.05, 4.69) is 24.9 Å². The number of alkyl halides is 3. The molecule has 1 aliphatic heterocycles. The van der Waals surface area contributed by atoms with Crippen LogP contribution in [-0.2, 0) is 19.1 Å². The number of aryl methyl sites for hydroxylation is 1. The van der Waals surface area contributed by atoms with Gasteiger partial charge in [-0.1, -0.05) is 28.4 Å². The van der Waals surface area contributed by atoms with E-state index < -0.39 is 23.7 Å². The summed E-state index contributed by atoms with van der Waals surface area (Å²) in [5, 5.41) is 11.1. The summed E-state index contributed by atoms with van der Waals surface area (Å²) in [4.78, 5) is 5.19. The van der Waals surface area contributed by atoms with Crippen molar-refractivity contribution in [2.75, 3.05) is 11.4 Å². The summed E-state index contributed by atoms with van der Waals surface area (Å²) in [6.45, 7) is 0.768. The van der Waals surface area contributed by atoms with Gasteiger partial charge in [-0.25, -0.2) is 4.39 Å². The molecule has 3 heterocycles. The van der Waals surface area contributed by atoms with E-state index in [-0.39, 0.29) is 17.3 Å². The minimum Gasteiger partial charge on any atom is -0.365 e. The largest absolute Gasteiger partial charge is 0.455 e. The quantitative estimate of drug-likeness (QED) is 0.418. The minimum atomic E-state index is -4.74. The Bertz CT molecular complexity index is 1070. The molecule has 0 bridgehead atoms. The van der Waals surface area contributed by atoms with Crippen LogP contribution in [0.15, 0.2) is 22.7 Å². The number of nitrogens with zero attached hydrogens (tertiary/aromatic N) is 5. The lowest BCUT2D eigenvalue weighted by Gasteiger charge is -2.31. The Morgan fingerprint density at radius 2 is 1.97 bits per heavy atom. The minimum absolute atomic E-state index is 0.00455. The van der Waals surface area contributed by atoms with E-state index in [9.17, 15) is 17.6 Å². The molecule has 0 saturated carbocycles. The highest BCUT2D eigenvalue weighted by atomic mass is 35.5. The molecular formula is C17H11Cl2F4N5O.